The van der Waals surface area contributed by atoms with Gasteiger partial charge in [0.25, 0.3) is 0 Å². The summed E-state index contributed by atoms with van der Waals surface area (Å²) < 4.78 is 13.9. The van der Waals surface area contributed by atoms with Crippen molar-refractivity contribution in [3.63, 3.8) is 0 Å². The molecule has 3 aliphatic rings. The summed E-state index contributed by atoms with van der Waals surface area (Å²) in [5, 5.41) is 15.7. The highest BCUT2D eigenvalue weighted by Crippen LogP contribution is 2.43. The highest BCUT2D eigenvalue weighted by atomic mass is 35.5. The molecule has 0 radical (unpaired) electrons. The Morgan fingerprint density at radius 2 is 1.93 bits per heavy atom. The number of carbonyl (C=O) groups excluding carboxylic acids is 1. The zero-order valence-electron chi connectivity index (χ0n) is 27.1. The molecule has 0 bridgehead atoms. The summed E-state index contributed by atoms with van der Waals surface area (Å²) in [4.78, 5) is 17.8. The minimum atomic E-state index is -0.471. The Labute approximate surface area is 266 Å². The molecule has 0 aliphatic carbocycles. The van der Waals surface area contributed by atoms with E-state index in [0.29, 0.717) is 34.6 Å². The molecule has 9 nitrogen and oxygen atoms in total. The summed E-state index contributed by atoms with van der Waals surface area (Å²) >= 11 is 6.82. The molecular formula is C34H47ClN6O3. The number of anilines is 2. The first-order valence-corrected chi connectivity index (χ1v) is 16.4. The maximum Gasteiger partial charge on any atom is 0.167 e. The number of nitrogens with zero attached hydrogens (tertiary/aromatic N) is 3. The summed E-state index contributed by atoms with van der Waals surface area (Å²) in [6, 6.07) is 4.41. The largest absolute Gasteiger partial charge is 0.489 e. The van der Waals surface area contributed by atoms with Gasteiger partial charge in [-0.25, -0.2) is 4.99 Å². The van der Waals surface area contributed by atoms with E-state index in [1.807, 2.05) is 33.2 Å². The first-order valence-electron chi connectivity index (χ1n) is 16.0. The summed E-state index contributed by atoms with van der Waals surface area (Å²) in [5.74, 6) is 2.65. The van der Waals surface area contributed by atoms with Crippen molar-refractivity contribution >= 4 is 34.6 Å². The van der Waals surface area contributed by atoms with E-state index in [1.54, 1.807) is 4.68 Å². The van der Waals surface area contributed by atoms with Gasteiger partial charge in [0.15, 0.2) is 11.6 Å². The molecule has 0 spiro atoms. The van der Waals surface area contributed by atoms with Crippen molar-refractivity contribution in [3.8, 4) is 5.75 Å². The SMILES string of the molecule is CCC1=C(Nc2cc(C)c(C3CCNCC3)cc2OC(C)C)N=C(Nc2cn(C)nc2C2OC2C(=O)C(C)CC)C(Cl)=CC1. The minimum absolute atomic E-state index is 0.0226. The molecule has 3 N–H and O–H groups in total. The molecule has 1 aromatic heterocycles. The molecule has 5 rings (SSSR count). The van der Waals surface area contributed by atoms with Crippen LogP contribution in [-0.2, 0) is 16.6 Å². The molecule has 10 heteroatoms. The van der Waals surface area contributed by atoms with Crippen LogP contribution in [0.4, 0.5) is 11.4 Å². The predicted octanol–water partition coefficient (Wildman–Crippen LogP) is 7.11. The van der Waals surface area contributed by atoms with E-state index in [-0.39, 0.29) is 23.9 Å². The average molecular weight is 623 g/mol. The molecule has 2 fully saturated rings. The van der Waals surface area contributed by atoms with E-state index in [0.717, 1.165) is 61.6 Å². The maximum atomic E-state index is 12.8. The van der Waals surface area contributed by atoms with E-state index in [2.05, 4.69) is 60.9 Å². The molecule has 44 heavy (non-hydrogen) atoms. The van der Waals surface area contributed by atoms with Gasteiger partial charge in [0.2, 0.25) is 0 Å². The number of piperidine rings is 1. The number of benzene rings is 1. The number of ether oxygens (including phenoxy) is 2. The number of ketones is 1. The van der Waals surface area contributed by atoms with Gasteiger partial charge in [0.05, 0.1) is 22.5 Å². The lowest BCUT2D eigenvalue weighted by atomic mass is 9.87. The molecule has 0 saturated carbocycles. The van der Waals surface area contributed by atoms with Crippen molar-refractivity contribution < 1.29 is 14.3 Å². The van der Waals surface area contributed by atoms with Crippen molar-refractivity contribution in [2.45, 2.75) is 97.9 Å². The van der Waals surface area contributed by atoms with Crippen LogP contribution in [0, 0.1) is 12.8 Å². The van der Waals surface area contributed by atoms with Gasteiger partial charge < -0.3 is 25.4 Å². The smallest absolute Gasteiger partial charge is 0.167 e. The number of amidine groups is 1. The first-order chi connectivity index (χ1) is 21.1. The van der Waals surface area contributed by atoms with Gasteiger partial charge in [-0.15, -0.1) is 0 Å². The normalized spacial score (nSPS) is 21.5. The van der Waals surface area contributed by atoms with Crippen LogP contribution < -0.4 is 20.7 Å². The molecular weight excluding hydrogens is 576 g/mol. The number of epoxide rings is 1. The number of aliphatic imine (C=N–C) groups is 1. The molecule has 0 amide bonds. The molecule has 3 atom stereocenters. The second-order valence-electron chi connectivity index (χ2n) is 12.5. The number of aryl methyl sites for hydroxylation is 2. The number of rotatable bonds is 11. The number of aromatic nitrogens is 2. The Hall–Kier alpha value is -3.14. The van der Waals surface area contributed by atoms with Gasteiger partial charge in [-0.3, -0.25) is 9.48 Å². The molecule has 2 aromatic rings. The zero-order valence-corrected chi connectivity index (χ0v) is 27.8. The molecule has 1 aromatic carbocycles. The summed E-state index contributed by atoms with van der Waals surface area (Å²) in [5.41, 5.74) is 6.00. The number of Topliss-reactive ketones (excluding diaryl/α,β-unsaturated/α-hetero) is 1. The van der Waals surface area contributed by atoms with Crippen LogP contribution in [0.5, 0.6) is 5.75 Å². The number of carbonyl (C=O) groups is 1. The fraction of sp³-hybridized carbons (Fsp3) is 0.559. The van der Waals surface area contributed by atoms with Gasteiger partial charge in [-0.1, -0.05) is 38.4 Å². The van der Waals surface area contributed by atoms with E-state index < -0.39 is 6.10 Å². The Morgan fingerprint density at radius 1 is 1.18 bits per heavy atom. The lowest BCUT2D eigenvalue weighted by Crippen LogP contribution is -2.27. The summed E-state index contributed by atoms with van der Waals surface area (Å²) in [6.45, 7) is 14.4. The maximum absolute atomic E-state index is 12.8. The van der Waals surface area contributed by atoms with Crippen molar-refractivity contribution in [3.05, 3.63) is 57.7 Å². The third-order valence-electron chi connectivity index (χ3n) is 8.75. The van der Waals surface area contributed by atoms with Crippen molar-refractivity contribution in [2.75, 3.05) is 23.7 Å². The first kappa shape index (κ1) is 32.3. The van der Waals surface area contributed by atoms with Crippen LogP contribution >= 0.6 is 11.6 Å². The van der Waals surface area contributed by atoms with Gasteiger partial charge >= 0.3 is 0 Å². The molecule has 3 aliphatic heterocycles. The Kier molecular flexibility index (Phi) is 10.2. The number of nitrogens with one attached hydrogen (secondary N) is 3. The van der Waals surface area contributed by atoms with Crippen LogP contribution in [0.25, 0.3) is 0 Å². The van der Waals surface area contributed by atoms with Gasteiger partial charge in [0.1, 0.15) is 29.5 Å². The third kappa shape index (κ3) is 7.22. The van der Waals surface area contributed by atoms with Crippen molar-refractivity contribution in [1.82, 2.24) is 15.1 Å². The molecule has 3 unspecified atom stereocenters. The van der Waals surface area contributed by atoms with E-state index in [9.17, 15) is 4.79 Å². The van der Waals surface area contributed by atoms with Crippen molar-refractivity contribution in [2.24, 2.45) is 18.0 Å². The fourth-order valence-electron chi connectivity index (χ4n) is 5.98. The quantitative estimate of drug-likeness (QED) is 0.229. The van der Waals surface area contributed by atoms with Crippen LogP contribution in [0.1, 0.15) is 95.6 Å². The topological polar surface area (TPSA) is 105 Å². The Morgan fingerprint density at radius 3 is 2.61 bits per heavy atom. The zero-order chi connectivity index (χ0) is 31.5. The molecule has 2 saturated heterocycles. The van der Waals surface area contributed by atoms with Gasteiger partial charge in [-0.05, 0) is 101 Å². The standard InChI is InChI=1S/C34H47ClN6O3/c1-8-20(5)30(42)32-31(44-32)29-27(18-41(7)40-29)38-34-25(35)11-10-22(9-2)33(39-34)37-26-16-21(6)24(17-28(26)43-19(3)4)23-12-14-36-15-13-23/h11,16-20,23,31-32,36-37H,8-10,12-15H2,1-7H3,(H,38,39). The second-order valence-corrected chi connectivity index (χ2v) is 12.9. The lowest BCUT2D eigenvalue weighted by molar-refractivity contribution is -0.123. The summed E-state index contributed by atoms with van der Waals surface area (Å²) in [6.07, 6.45) is 7.51. The van der Waals surface area contributed by atoms with E-state index in [1.165, 1.54) is 11.1 Å². The van der Waals surface area contributed by atoms with Crippen molar-refractivity contribution in [1.29, 1.82) is 0 Å². The highest BCUT2D eigenvalue weighted by molar-refractivity contribution is 6.45. The number of halogens is 1. The van der Waals surface area contributed by atoms with Gasteiger partial charge in [-0.2, -0.15) is 5.10 Å². The van der Waals surface area contributed by atoms with Crippen LogP contribution in [0.2, 0.25) is 0 Å². The average Bonchev–Trinajstić information content (AvgIpc) is 3.74. The number of hydrogen-bond acceptors (Lipinski definition) is 8. The second kappa shape index (κ2) is 13.9. The molecule has 4 heterocycles. The van der Waals surface area contributed by atoms with Gasteiger partial charge in [0, 0.05) is 19.2 Å². The minimum Gasteiger partial charge on any atom is -0.489 e. The monoisotopic (exact) mass is 622 g/mol. The Balaban J connectivity index is 1.45. The number of hydrogen-bond donors (Lipinski definition) is 3. The van der Waals surface area contributed by atoms with Crippen LogP contribution in [0.15, 0.2) is 45.8 Å². The van der Waals surface area contributed by atoms with Crippen LogP contribution in [0.3, 0.4) is 0 Å². The van der Waals surface area contributed by atoms with E-state index >= 15 is 0 Å². The highest BCUT2D eigenvalue weighted by Gasteiger charge is 2.49. The van der Waals surface area contributed by atoms with Crippen LogP contribution in [-0.4, -0.2) is 46.7 Å². The predicted molar refractivity (Wildman–Crippen MR) is 178 cm³/mol. The Bertz CT molecular complexity index is 1470. The fourth-order valence-corrected chi connectivity index (χ4v) is 6.14. The third-order valence-corrected chi connectivity index (χ3v) is 9.09. The van der Waals surface area contributed by atoms with E-state index in [4.69, 9.17) is 26.1 Å². The number of allylic oxidation sites excluding steroid dienone is 2. The molecule has 238 valence electrons. The summed E-state index contributed by atoms with van der Waals surface area (Å²) in [7, 11) is 1.85. The lowest BCUT2D eigenvalue weighted by Gasteiger charge is -2.26.